The summed E-state index contributed by atoms with van der Waals surface area (Å²) < 4.78 is 4.86. The van der Waals surface area contributed by atoms with E-state index >= 15 is 0 Å². The van der Waals surface area contributed by atoms with Gasteiger partial charge in [-0.15, -0.1) is 0 Å². The normalized spacial score (nSPS) is 11.8. The summed E-state index contributed by atoms with van der Waals surface area (Å²) >= 11 is 0. The number of carbonyl (C=O) groups excluding carboxylic acids is 2. The van der Waals surface area contributed by atoms with Crippen LogP contribution in [-0.2, 0) is 14.4 Å². The molecule has 0 spiro atoms. The molecular formula is C10H20N2O4. The van der Waals surface area contributed by atoms with E-state index < -0.39 is 12.1 Å². The number of hydroxylamine groups is 2. The summed E-state index contributed by atoms with van der Waals surface area (Å²) in [5, 5.41) is 3.47. The van der Waals surface area contributed by atoms with Gasteiger partial charge in [0, 0.05) is 7.05 Å². The fourth-order valence-corrected chi connectivity index (χ4v) is 0.952. The van der Waals surface area contributed by atoms with Gasteiger partial charge < -0.3 is 10.1 Å². The molecule has 0 aliphatic carbocycles. The van der Waals surface area contributed by atoms with E-state index in [0.717, 1.165) is 17.9 Å². The van der Waals surface area contributed by atoms with Gasteiger partial charge in [-0.25, -0.2) is 9.86 Å². The Hall–Kier alpha value is -1.30. The number of carbonyl (C=O) groups is 2. The first-order valence-corrected chi connectivity index (χ1v) is 5.27. The number of alkyl carbamates (subject to hydrolysis) is 1. The predicted octanol–water partition coefficient (Wildman–Crippen LogP) is 0.921. The zero-order chi connectivity index (χ0) is 12.6. The summed E-state index contributed by atoms with van der Waals surface area (Å²) in [4.78, 5) is 27.4. The zero-order valence-corrected chi connectivity index (χ0v) is 10.3. The molecule has 0 saturated heterocycles. The Morgan fingerprint density at radius 2 is 2.06 bits per heavy atom. The summed E-state index contributed by atoms with van der Waals surface area (Å²) in [5.41, 5.74) is 0. The van der Waals surface area contributed by atoms with Crippen LogP contribution >= 0.6 is 0 Å². The third kappa shape index (κ3) is 5.55. The molecule has 0 aromatic carbocycles. The fraction of sp³-hybridized carbons (Fsp3) is 0.800. The lowest BCUT2D eigenvalue weighted by Crippen LogP contribution is -2.45. The van der Waals surface area contributed by atoms with Gasteiger partial charge in [-0.3, -0.25) is 9.63 Å². The van der Waals surface area contributed by atoms with Crippen LogP contribution in [0.5, 0.6) is 0 Å². The molecule has 1 N–H and O–H groups in total. The van der Waals surface area contributed by atoms with Crippen molar-refractivity contribution in [2.45, 2.75) is 32.7 Å². The van der Waals surface area contributed by atoms with Gasteiger partial charge in [0.25, 0.3) is 5.91 Å². The minimum atomic E-state index is -0.668. The summed E-state index contributed by atoms with van der Waals surface area (Å²) in [6.07, 6.45) is 1.18. The van der Waals surface area contributed by atoms with Crippen molar-refractivity contribution in [1.29, 1.82) is 0 Å². The van der Waals surface area contributed by atoms with Gasteiger partial charge in [0.15, 0.2) is 0 Å². The van der Waals surface area contributed by atoms with Crippen molar-refractivity contribution in [1.82, 2.24) is 10.4 Å². The monoisotopic (exact) mass is 232 g/mol. The SMILES string of the molecule is CCCCOC(=O)NC(C)C(=O)N(C)OC. The second-order valence-corrected chi connectivity index (χ2v) is 3.37. The maximum atomic E-state index is 11.5. The molecule has 2 amide bonds. The molecule has 16 heavy (non-hydrogen) atoms. The standard InChI is InChI=1S/C10H20N2O4/c1-5-6-7-16-10(14)11-8(2)9(13)12(3)15-4/h8H,5-7H2,1-4H3,(H,11,14). The van der Waals surface area contributed by atoms with E-state index in [1.54, 1.807) is 6.92 Å². The number of rotatable bonds is 6. The third-order valence-electron chi connectivity index (χ3n) is 2.02. The minimum absolute atomic E-state index is 0.338. The first kappa shape index (κ1) is 14.7. The van der Waals surface area contributed by atoms with E-state index in [-0.39, 0.29) is 5.91 Å². The van der Waals surface area contributed by atoms with E-state index in [1.807, 2.05) is 6.92 Å². The highest BCUT2D eigenvalue weighted by Crippen LogP contribution is 1.94. The van der Waals surface area contributed by atoms with Crippen LogP contribution in [0.4, 0.5) is 4.79 Å². The molecule has 0 heterocycles. The first-order chi connectivity index (χ1) is 7.52. The van der Waals surface area contributed by atoms with Gasteiger partial charge in [-0.05, 0) is 13.3 Å². The van der Waals surface area contributed by atoms with Crippen molar-refractivity contribution < 1.29 is 19.2 Å². The molecule has 0 aliphatic rings. The molecule has 0 rings (SSSR count). The van der Waals surface area contributed by atoms with E-state index in [0.29, 0.717) is 6.61 Å². The number of ether oxygens (including phenoxy) is 1. The number of amides is 2. The highest BCUT2D eigenvalue weighted by Gasteiger charge is 2.19. The molecule has 0 bridgehead atoms. The second kappa shape index (κ2) is 7.92. The van der Waals surface area contributed by atoms with Gasteiger partial charge in [-0.2, -0.15) is 0 Å². The van der Waals surface area contributed by atoms with E-state index in [9.17, 15) is 9.59 Å². The number of hydrogen-bond donors (Lipinski definition) is 1. The van der Waals surface area contributed by atoms with E-state index in [4.69, 9.17) is 9.57 Å². The largest absolute Gasteiger partial charge is 0.450 e. The Morgan fingerprint density at radius 1 is 1.44 bits per heavy atom. The zero-order valence-electron chi connectivity index (χ0n) is 10.3. The first-order valence-electron chi connectivity index (χ1n) is 5.27. The highest BCUT2D eigenvalue weighted by atomic mass is 16.7. The average molecular weight is 232 g/mol. The van der Waals surface area contributed by atoms with Crippen LogP contribution in [0.15, 0.2) is 0 Å². The minimum Gasteiger partial charge on any atom is -0.450 e. The molecule has 0 aliphatic heterocycles. The summed E-state index contributed by atoms with van der Waals surface area (Å²) in [6.45, 7) is 3.93. The second-order valence-electron chi connectivity index (χ2n) is 3.37. The molecule has 0 aromatic rings. The molecule has 0 saturated carbocycles. The quantitative estimate of drug-likeness (QED) is 0.546. The van der Waals surface area contributed by atoms with Crippen LogP contribution in [0.3, 0.4) is 0 Å². The molecule has 6 heteroatoms. The summed E-state index contributed by atoms with van der Waals surface area (Å²) in [5.74, 6) is -0.338. The van der Waals surface area contributed by atoms with Crippen LogP contribution in [0.2, 0.25) is 0 Å². The van der Waals surface area contributed by atoms with Gasteiger partial charge in [-0.1, -0.05) is 13.3 Å². The Morgan fingerprint density at radius 3 is 2.56 bits per heavy atom. The van der Waals surface area contributed by atoms with Crippen LogP contribution in [0.1, 0.15) is 26.7 Å². The van der Waals surface area contributed by atoms with Crippen molar-refractivity contribution in [2.75, 3.05) is 20.8 Å². The Balaban J connectivity index is 3.89. The number of likely N-dealkylation sites (N-methyl/N-ethyl adjacent to an activating group) is 1. The average Bonchev–Trinajstić information content (AvgIpc) is 2.27. The van der Waals surface area contributed by atoms with Crippen molar-refractivity contribution in [2.24, 2.45) is 0 Å². The number of hydrogen-bond acceptors (Lipinski definition) is 4. The topological polar surface area (TPSA) is 67.9 Å². The molecule has 0 aromatic heterocycles. The van der Waals surface area contributed by atoms with Crippen molar-refractivity contribution in [3.63, 3.8) is 0 Å². The molecule has 0 radical (unpaired) electrons. The van der Waals surface area contributed by atoms with Crippen LogP contribution in [-0.4, -0.2) is 43.9 Å². The van der Waals surface area contributed by atoms with Gasteiger partial charge in [0.2, 0.25) is 0 Å². The van der Waals surface area contributed by atoms with Crippen LogP contribution < -0.4 is 5.32 Å². The van der Waals surface area contributed by atoms with Gasteiger partial charge in [0.1, 0.15) is 6.04 Å². The Bertz CT molecular complexity index is 233. The fourth-order valence-electron chi connectivity index (χ4n) is 0.952. The van der Waals surface area contributed by atoms with Gasteiger partial charge in [0.05, 0.1) is 13.7 Å². The predicted molar refractivity (Wildman–Crippen MR) is 58.6 cm³/mol. The molecule has 6 nitrogen and oxygen atoms in total. The number of nitrogens with one attached hydrogen (secondary N) is 1. The lowest BCUT2D eigenvalue weighted by molar-refractivity contribution is -0.170. The van der Waals surface area contributed by atoms with Crippen LogP contribution in [0, 0.1) is 0 Å². The van der Waals surface area contributed by atoms with Crippen LogP contribution in [0.25, 0.3) is 0 Å². The number of nitrogens with zero attached hydrogens (tertiary/aromatic N) is 1. The summed E-state index contributed by atoms with van der Waals surface area (Å²) in [7, 11) is 2.85. The number of unbranched alkanes of at least 4 members (excludes halogenated alkanes) is 1. The van der Waals surface area contributed by atoms with Crippen molar-refractivity contribution in [3.05, 3.63) is 0 Å². The Labute approximate surface area is 95.8 Å². The van der Waals surface area contributed by atoms with Gasteiger partial charge >= 0.3 is 6.09 Å². The molecule has 0 fully saturated rings. The van der Waals surface area contributed by atoms with E-state index in [1.165, 1.54) is 14.2 Å². The molecule has 1 atom stereocenters. The maximum absolute atomic E-state index is 11.5. The maximum Gasteiger partial charge on any atom is 0.407 e. The highest BCUT2D eigenvalue weighted by molar-refractivity contribution is 5.84. The Kier molecular flexibility index (Phi) is 7.28. The smallest absolute Gasteiger partial charge is 0.407 e. The lowest BCUT2D eigenvalue weighted by Gasteiger charge is -2.19. The summed E-state index contributed by atoms with van der Waals surface area (Å²) in [6, 6.07) is -0.668. The third-order valence-corrected chi connectivity index (χ3v) is 2.02. The molecule has 94 valence electrons. The molecular weight excluding hydrogens is 212 g/mol. The lowest BCUT2D eigenvalue weighted by atomic mass is 10.3. The molecule has 1 unspecified atom stereocenters. The van der Waals surface area contributed by atoms with E-state index in [2.05, 4.69) is 5.32 Å². The van der Waals surface area contributed by atoms with Crippen molar-refractivity contribution >= 4 is 12.0 Å². The van der Waals surface area contributed by atoms with Crippen molar-refractivity contribution in [3.8, 4) is 0 Å².